The van der Waals surface area contributed by atoms with Crippen LogP contribution in [0.2, 0.25) is 0 Å². The molecule has 0 fully saturated rings. The Hall–Kier alpha value is -1.61. The van der Waals surface area contributed by atoms with Crippen LogP contribution in [0.25, 0.3) is 6.08 Å². The zero-order chi connectivity index (χ0) is 11.1. The maximum atomic E-state index is 10.3. The molecule has 0 saturated carbocycles. The molecule has 0 radical (unpaired) electrons. The molecule has 0 spiro atoms. The summed E-state index contributed by atoms with van der Waals surface area (Å²) in [5.74, 6) is -0.932. The number of carboxylic acid groups (broad SMARTS) is 1. The molecule has 0 bridgehead atoms. The van der Waals surface area contributed by atoms with E-state index in [4.69, 9.17) is 9.84 Å². The van der Waals surface area contributed by atoms with Crippen molar-refractivity contribution in [2.45, 2.75) is 6.42 Å². The molecule has 15 heavy (non-hydrogen) atoms. The second-order valence-corrected chi connectivity index (χ2v) is 3.16. The Balaban J connectivity index is 2.60. The van der Waals surface area contributed by atoms with Crippen molar-refractivity contribution in [1.82, 2.24) is 0 Å². The van der Waals surface area contributed by atoms with Gasteiger partial charge in [0, 0.05) is 13.2 Å². The summed E-state index contributed by atoms with van der Waals surface area (Å²) in [6, 6.07) is 7.73. The van der Waals surface area contributed by atoms with Crippen LogP contribution in [-0.2, 0) is 16.0 Å². The van der Waals surface area contributed by atoms with Crippen LogP contribution in [-0.4, -0.2) is 24.8 Å². The average Bonchev–Trinajstić information content (AvgIpc) is 2.25. The Kier molecular flexibility index (Phi) is 4.57. The molecule has 1 aromatic rings. The molecule has 0 heterocycles. The van der Waals surface area contributed by atoms with Crippen LogP contribution in [0.3, 0.4) is 0 Å². The molecule has 0 saturated heterocycles. The normalized spacial score (nSPS) is 10.7. The van der Waals surface area contributed by atoms with Gasteiger partial charge in [-0.15, -0.1) is 0 Å². The summed E-state index contributed by atoms with van der Waals surface area (Å²) >= 11 is 0. The number of aliphatic carboxylic acids is 1. The van der Waals surface area contributed by atoms with Gasteiger partial charge in [-0.05, 0) is 23.6 Å². The molecule has 1 N–H and O–H groups in total. The summed E-state index contributed by atoms with van der Waals surface area (Å²) in [6.45, 7) is 0.699. The summed E-state index contributed by atoms with van der Waals surface area (Å²) in [6.07, 6.45) is 3.58. The number of benzene rings is 1. The largest absolute Gasteiger partial charge is 0.478 e. The van der Waals surface area contributed by atoms with Crippen LogP contribution in [0.15, 0.2) is 30.3 Å². The Labute approximate surface area is 89.0 Å². The third-order valence-electron chi connectivity index (χ3n) is 1.99. The fourth-order valence-corrected chi connectivity index (χ4v) is 1.18. The van der Waals surface area contributed by atoms with E-state index in [0.717, 1.165) is 18.1 Å². The lowest BCUT2D eigenvalue weighted by atomic mass is 10.1. The Bertz CT molecular complexity index is 338. The summed E-state index contributed by atoms with van der Waals surface area (Å²) in [5.41, 5.74) is 2.07. The van der Waals surface area contributed by atoms with Crippen molar-refractivity contribution in [1.29, 1.82) is 0 Å². The van der Waals surface area contributed by atoms with Crippen molar-refractivity contribution in [3.8, 4) is 0 Å². The Morgan fingerprint density at radius 3 is 2.60 bits per heavy atom. The van der Waals surface area contributed by atoms with E-state index in [-0.39, 0.29) is 0 Å². The van der Waals surface area contributed by atoms with Gasteiger partial charge in [-0.3, -0.25) is 0 Å². The van der Waals surface area contributed by atoms with Gasteiger partial charge < -0.3 is 9.84 Å². The van der Waals surface area contributed by atoms with Crippen molar-refractivity contribution in [3.05, 3.63) is 41.5 Å². The van der Waals surface area contributed by atoms with E-state index < -0.39 is 5.97 Å². The van der Waals surface area contributed by atoms with Gasteiger partial charge in [0.1, 0.15) is 0 Å². The molecule has 0 aliphatic heterocycles. The van der Waals surface area contributed by atoms with Crippen molar-refractivity contribution in [2.24, 2.45) is 0 Å². The van der Waals surface area contributed by atoms with Crippen molar-refractivity contribution in [3.63, 3.8) is 0 Å². The second kappa shape index (κ2) is 5.98. The zero-order valence-electron chi connectivity index (χ0n) is 8.64. The minimum Gasteiger partial charge on any atom is -0.478 e. The Morgan fingerprint density at radius 1 is 1.40 bits per heavy atom. The molecule has 0 aliphatic carbocycles. The number of hydrogen-bond donors (Lipinski definition) is 1. The molecule has 0 atom stereocenters. The van der Waals surface area contributed by atoms with Crippen LogP contribution >= 0.6 is 0 Å². The molecular weight excluding hydrogens is 192 g/mol. The number of methoxy groups -OCH3 is 1. The standard InChI is InChI=1S/C12H14O3/c1-15-9-8-11-4-2-10(3-5-11)6-7-12(13)14/h2-7H,8-9H2,1H3,(H,13,14)/b7-6+. The molecule has 1 rings (SSSR count). The fraction of sp³-hybridized carbons (Fsp3) is 0.250. The molecule has 0 unspecified atom stereocenters. The predicted molar refractivity (Wildman–Crippen MR) is 58.7 cm³/mol. The van der Waals surface area contributed by atoms with E-state index in [1.807, 2.05) is 24.3 Å². The fourth-order valence-electron chi connectivity index (χ4n) is 1.18. The van der Waals surface area contributed by atoms with Crippen LogP contribution in [0.5, 0.6) is 0 Å². The zero-order valence-corrected chi connectivity index (χ0v) is 8.64. The van der Waals surface area contributed by atoms with Gasteiger partial charge in [0.2, 0.25) is 0 Å². The van der Waals surface area contributed by atoms with E-state index in [1.165, 1.54) is 5.56 Å². The SMILES string of the molecule is COCCc1ccc(/C=C/C(=O)O)cc1. The molecule has 80 valence electrons. The predicted octanol–water partition coefficient (Wildman–Crippen LogP) is 1.97. The van der Waals surface area contributed by atoms with Crippen molar-refractivity contribution < 1.29 is 14.6 Å². The van der Waals surface area contributed by atoms with Crippen molar-refractivity contribution >= 4 is 12.0 Å². The van der Waals surface area contributed by atoms with E-state index in [1.54, 1.807) is 13.2 Å². The quantitative estimate of drug-likeness (QED) is 0.749. The lowest BCUT2D eigenvalue weighted by Crippen LogP contribution is -1.93. The van der Waals surface area contributed by atoms with Gasteiger partial charge in [0.05, 0.1) is 6.61 Å². The first-order chi connectivity index (χ1) is 7.22. The van der Waals surface area contributed by atoms with Crippen LogP contribution in [0.1, 0.15) is 11.1 Å². The molecule has 0 aromatic heterocycles. The third-order valence-corrected chi connectivity index (χ3v) is 1.99. The van der Waals surface area contributed by atoms with E-state index in [2.05, 4.69) is 0 Å². The maximum absolute atomic E-state index is 10.3. The van der Waals surface area contributed by atoms with E-state index in [0.29, 0.717) is 6.61 Å². The van der Waals surface area contributed by atoms with Crippen molar-refractivity contribution in [2.75, 3.05) is 13.7 Å². The smallest absolute Gasteiger partial charge is 0.328 e. The second-order valence-electron chi connectivity index (χ2n) is 3.16. The highest BCUT2D eigenvalue weighted by molar-refractivity contribution is 5.85. The summed E-state index contributed by atoms with van der Waals surface area (Å²) in [5, 5.41) is 8.44. The van der Waals surface area contributed by atoms with Gasteiger partial charge in [-0.2, -0.15) is 0 Å². The van der Waals surface area contributed by atoms with Gasteiger partial charge in [0.25, 0.3) is 0 Å². The molecular formula is C12H14O3. The van der Waals surface area contributed by atoms with Crippen LogP contribution in [0.4, 0.5) is 0 Å². The number of hydrogen-bond acceptors (Lipinski definition) is 2. The lowest BCUT2D eigenvalue weighted by Gasteiger charge is -2.00. The van der Waals surface area contributed by atoms with Gasteiger partial charge >= 0.3 is 5.97 Å². The highest BCUT2D eigenvalue weighted by Gasteiger charge is 1.93. The minimum absolute atomic E-state index is 0.699. The summed E-state index contributed by atoms with van der Waals surface area (Å²) < 4.78 is 4.96. The van der Waals surface area contributed by atoms with Gasteiger partial charge in [0.15, 0.2) is 0 Å². The highest BCUT2D eigenvalue weighted by atomic mass is 16.5. The van der Waals surface area contributed by atoms with Gasteiger partial charge in [-0.1, -0.05) is 24.3 Å². The summed E-state index contributed by atoms with van der Waals surface area (Å²) in [4.78, 5) is 10.3. The molecule has 3 nitrogen and oxygen atoms in total. The topological polar surface area (TPSA) is 46.5 Å². The number of carboxylic acids is 1. The van der Waals surface area contributed by atoms with Crippen LogP contribution in [0, 0.1) is 0 Å². The monoisotopic (exact) mass is 206 g/mol. The number of carbonyl (C=O) groups is 1. The highest BCUT2D eigenvalue weighted by Crippen LogP contribution is 2.06. The van der Waals surface area contributed by atoms with Crippen LogP contribution < -0.4 is 0 Å². The number of ether oxygens (including phenoxy) is 1. The minimum atomic E-state index is -0.932. The third kappa shape index (κ3) is 4.42. The molecule has 0 aliphatic rings. The molecule has 1 aromatic carbocycles. The van der Waals surface area contributed by atoms with Gasteiger partial charge in [-0.25, -0.2) is 4.79 Å². The summed E-state index contributed by atoms with van der Waals surface area (Å²) in [7, 11) is 1.67. The molecule has 0 amide bonds. The average molecular weight is 206 g/mol. The number of rotatable bonds is 5. The first kappa shape index (κ1) is 11.5. The molecule has 3 heteroatoms. The van der Waals surface area contributed by atoms with E-state index >= 15 is 0 Å². The Morgan fingerprint density at radius 2 is 2.07 bits per heavy atom. The van der Waals surface area contributed by atoms with E-state index in [9.17, 15) is 4.79 Å². The first-order valence-corrected chi connectivity index (χ1v) is 4.71. The lowest BCUT2D eigenvalue weighted by molar-refractivity contribution is -0.131. The first-order valence-electron chi connectivity index (χ1n) is 4.71. The maximum Gasteiger partial charge on any atom is 0.328 e.